The summed E-state index contributed by atoms with van der Waals surface area (Å²) < 4.78 is 21.3. The third-order valence-corrected chi connectivity index (χ3v) is 4.68. The Labute approximate surface area is 145 Å². The van der Waals surface area contributed by atoms with Crippen LogP contribution in [0.15, 0.2) is 28.7 Å². The summed E-state index contributed by atoms with van der Waals surface area (Å²) >= 11 is -1.49. The van der Waals surface area contributed by atoms with Crippen molar-refractivity contribution in [3.8, 4) is 11.8 Å². The summed E-state index contributed by atoms with van der Waals surface area (Å²) in [5, 5.41) is 17.9. The molecule has 0 aliphatic carbocycles. The summed E-state index contributed by atoms with van der Waals surface area (Å²) in [6.45, 7) is 5.43. The molecule has 0 bridgehead atoms. The zero-order valence-electron chi connectivity index (χ0n) is 14.3. The Hall–Kier alpha value is -2.04. The Kier molecular flexibility index (Phi) is 7.26. The maximum atomic E-state index is 12.4. The van der Waals surface area contributed by atoms with Crippen molar-refractivity contribution >= 4 is 23.0 Å². The number of nitriles is 1. The van der Waals surface area contributed by atoms with Gasteiger partial charge < -0.3 is 14.4 Å². The minimum absolute atomic E-state index is 0.100. The van der Waals surface area contributed by atoms with Gasteiger partial charge in [-0.3, -0.25) is 4.79 Å². The summed E-state index contributed by atoms with van der Waals surface area (Å²) in [4.78, 5) is 11.0. The van der Waals surface area contributed by atoms with Crippen LogP contribution in [0.1, 0.15) is 39.2 Å². The highest BCUT2D eigenvalue weighted by molar-refractivity contribution is 7.91. The lowest BCUT2D eigenvalue weighted by Gasteiger charge is -2.19. The van der Waals surface area contributed by atoms with Crippen molar-refractivity contribution in [1.29, 1.82) is 5.26 Å². The quantitative estimate of drug-likeness (QED) is 0.601. The van der Waals surface area contributed by atoms with Crippen LogP contribution in [0.4, 0.5) is 0 Å². The van der Waals surface area contributed by atoms with Gasteiger partial charge in [0, 0.05) is 5.56 Å². The van der Waals surface area contributed by atoms with E-state index in [4.69, 9.17) is 15.1 Å². The van der Waals surface area contributed by atoms with Crippen molar-refractivity contribution in [2.75, 3.05) is 7.11 Å². The molecule has 0 radical (unpaired) electrons. The summed E-state index contributed by atoms with van der Waals surface area (Å²) in [5.74, 6) is -1.67. The summed E-state index contributed by atoms with van der Waals surface area (Å²) in [6.07, 6.45) is 0.336. The SMILES string of the molecule is COc1cccc(C(CCC(C#N)C(=O)O)=N[S@+]([O-])C(C)(C)C)c1. The topological polar surface area (TPSA) is 106 Å². The first-order chi connectivity index (χ1) is 11.2. The molecule has 0 aromatic heterocycles. The number of hydrogen-bond acceptors (Lipinski definition) is 5. The van der Waals surface area contributed by atoms with E-state index in [2.05, 4.69) is 4.40 Å². The molecular formula is C17H22N2O4S. The number of aliphatic carboxylic acids is 1. The van der Waals surface area contributed by atoms with E-state index < -0.39 is 28.0 Å². The number of rotatable bonds is 7. The van der Waals surface area contributed by atoms with Gasteiger partial charge in [0.05, 0.1) is 18.9 Å². The third-order valence-electron chi connectivity index (χ3n) is 3.24. The monoisotopic (exact) mass is 350 g/mol. The normalized spacial score (nSPS) is 14.6. The van der Waals surface area contributed by atoms with Gasteiger partial charge in [-0.1, -0.05) is 16.5 Å². The van der Waals surface area contributed by atoms with E-state index in [9.17, 15) is 9.35 Å². The van der Waals surface area contributed by atoms with Crippen molar-refractivity contribution < 1.29 is 19.2 Å². The van der Waals surface area contributed by atoms with Crippen LogP contribution in [-0.2, 0) is 16.2 Å². The Bertz CT molecular complexity index is 647. The number of methoxy groups -OCH3 is 1. The predicted molar refractivity (Wildman–Crippen MR) is 93.4 cm³/mol. The number of carbonyl (C=O) groups is 1. The van der Waals surface area contributed by atoms with E-state index in [-0.39, 0.29) is 12.8 Å². The summed E-state index contributed by atoms with van der Waals surface area (Å²) in [5.41, 5.74) is 1.21. The highest BCUT2D eigenvalue weighted by Crippen LogP contribution is 2.22. The van der Waals surface area contributed by atoms with Gasteiger partial charge in [-0.25, -0.2) is 0 Å². The molecule has 0 aliphatic heterocycles. The second-order valence-corrected chi connectivity index (χ2v) is 8.10. The van der Waals surface area contributed by atoms with Gasteiger partial charge in [0.25, 0.3) is 0 Å². The fourth-order valence-electron chi connectivity index (χ4n) is 1.81. The molecule has 0 saturated carbocycles. The summed E-state index contributed by atoms with van der Waals surface area (Å²) in [6, 6.07) is 8.86. The Morgan fingerprint density at radius 2 is 2.17 bits per heavy atom. The molecule has 0 spiro atoms. The molecule has 0 saturated heterocycles. The zero-order valence-corrected chi connectivity index (χ0v) is 15.1. The second-order valence-electron chi connectivity index (χ2n) is 6.19. The third kappa shape index (κ3) is 5.87. The van der Waals surface area contributed by atoms with Crippen LogP contribution in [0.5, 0.6) is 5.75 Å². The molecule has 1 unspecified atom stereocenters. The molecule has 7 heteroatoms. The molecule has 1 N–H and O–H groups in total. The number of hydrogen-bond donors (Lipinski definition) is 1. The van der Waals surface area contributed by atoms with Crippen molar-refractivity contribution in [2.24, 2.45) is 10.3 Å². The number of carboxylic acids is 1. The first-order valence-corrected chi connectivity index (χ1v) is 8.56. The van der Waals surface area contributed by atoms with Crippen molar-refractivity contribution in [1.82, 2.24) is 0 Å². The van der Waals surface area contributed by atoms with Gasteiger partial charge in [0.15, 0.2) is 0 Å². The molecule has 1 rings (SSSR count). The summed E-state index contributed by atoms with van der Waals surface area (Å²) in [7, 11) is 1.54. The van der Waals surface area contributed by atoms with Gasteiger partial charge in [-0.05, 0) is 45.7 Å². The van der Waals surface area contributed by atoms with E-state index >= 15 is 0 Å². The van der Waals surface area contributed by atoms with Gasteiger partial charge in [0.2, 0.25) is 0 Å². The fraction of sp³-hybridized carbons (Fsp3) is 0.471. The van der Waals surface area contributed by atoms with Crippen LogP contribution < -0.4 is 4.74 Å². The van der Waals surface area contributed by atoms with Gasteiger partial charge in [-0.15, -0.1) is 0 Å². The standard InChI is InChI=1S/C17H22N2O4S/c1-17(2,3)24(22)19-15(9-8-13(11-18)16(20)21)12-6-5-7-14(10-12)23-4/h5-7,10,13H,8-9H2,1-4H3,(H,20,21)/t13?,24-/m1/s1. The van der Waals surface area contributed by atoms with Gasteiger partial charge >= 0.3 is 5.97 Å². The Morgan fingerprint density at radius 3 is 2.67 bits per heavy atom. The Morgan fingerprint density at radius 1 is 1.50 bits per heavy atom. The lowest BCUT2D eigenvalue weighted by Crippen LogP contribution is -2.27. The molecule has 0 fully saturated rings. The van der Waals surface area contributed by atoms with Gasteiger partial charge in [0.1, 0.15) is 27.8 Å². The average Bonchev–Trinajstić information content (AvgIpc) is 2.52. The van der Waals surface area contributed by atoms with Crippen LogP contribution in [0, 0.1) is 17.2 Å². The lowest BCUT2D eigenvalue weighted by molar-refractivity contribution is -0.139. The van der Waals surface area contributed by atoms with E-state index in [1.165, 1.54) is 0 Å². The second kappa shape index (κ2) is 8.71. The number of nitrogens with zero attached hydrogens (tertiary/aromatic N) is 2. The highest BCUT2D eigenvalue weighted by atomic mass is 32.2. The van der Waals surface area contributed by atoms with Crippen LogP contribution in [0.2, 0.25) is 0 Å². The van der Waals surface area contributed by atoms with E-state index in [0.717, 1.165) is 0 Å². The highest BCUT2D eigenvalue weighted by Gasteiger charge is 2.28. The number of benzene rings is 1. The molecule has 0 heterocycles. The van der Waals surface area contributed by atoms with E-state index in [1.54, 1.807) is 37.4 Å². The molecule has 130 valence electrons. The number of carboxylic acid groups (broad SMARTS) is 1. The minimum Gasteiger partial charge on any atom is -0.591 e. The van der Waals surface area contributed by atoms with Crippen molar-refractivity contribution in [3.63, 3.8) is 0 Å². The maximum absolute atomic E-state index is 12.4. The van der Waals surface area contributed by atoms with Crippen LogP contribution in [0.25, 0.3) is 0 Å². The average molecular weight is 350 g/mol. The molecule has 0 amide bonds. The van der Waals surface area contributed by atoms with E-state index in [0.29, 0.717) is 17.0 Å². The van der Waals surface area contributed by atoms with Gasteiger partial charge in [-0.2, -0.15) is 5.26 Å². The molecule has 2 atom stereocenters. The molecule has 1 aromatic carbocycles. The molecule has 24 heavy (non-hydrogen) atoms. The lowest BCUT2D eigenvalue weighted by atomic mass is 9.99. The largest absolute Gasteiger partial charge is 0.591 e. The Balaban J connectivity index is 3.14. The fourth-order valence-corrected chi connectivity index (χ4v) is 2.48. The predicted octanol–water partition coefficient (Wildman–Crippen LogP) is 2.95. The number of ether oxygens (including phenoxy) is 1. The van der Waals surface area contributed by atoms with Crippen LogP contribution in [-0.4, -0.2) is 33.2 Å². The molecule has 0 aliphatic rings. The maximum Gasteiger partial charge on any atom is 0.320 e. The molecule has 6 nitrogen and oxygen atoms in total. The van der Waals surface area contributed by atoms with Crippen molar-refractivity contribution in [2.45, 2.75) is 38.4 Å². The van der Waals surface area contributed by atoms with Crippen LogP contribution in [0.3, 0.4) is 0 Å². The minimum atomic E-state index is -1.49. The molecular weight excluding hydrogens is 328 g/mol. The van der Waals surface area contributed by atoms with Crippen LogP contribution >= 0.6 is 0 Å². The van der Waals surface area contributed by atoms with E-state index in [1.807, 2.05) is 20.8 Å². The zero-order chi connectivity index (χ0) is 18.3. The first-order valence-electron chi connectivity index (χ1n) is 7.45. The molecule has 1 aromatic rings. The first kappa shape index (κ1) is 20.0. The smallest absolute Gasteiger partial charge is 0.320 e. The van der Waals surface area contributed by atoms with Crippen molar-refractivity contribution in [3.05, 3.63) is 29.8 Å².